The normalized spacial score (nSPS) is 42.4. The number of hydrogen-bond acceptors (Lipinski definition) is 2. The van der Waals surface area contributed by atoms with Gasteiger partial charge < -0.3 is 10.0 Å². The standard InChI is InChI=1S/C11H17NO2/c1-3-7-5-4-6-8-9(7)11(14)12(2)10(8)13/h3,7-10,13H,1,4-6H2,2H3. The van der Waals surface area contributed by atoms with Crippen molar-refractivity contribution in [1.82, 2.24) is 4.90 Å². The van der Waals surface area contributed by atoms with E-state index in [2.05, 4.69) is 6.58 Å². The minimum Gasteiger partial charge on any atom is -0.373 e. The summed E-state index contributed by atoms with van der Waals surface area (Å²) in [6.45, 7) is 3.78. The molecule has 0 spiro atoms. The molecule has 3 nitrogen and oxygen atoms in total. The highest BCUT2D eigenvalue weighted by Gasteiger charge is 2.49. The van der Waals surface area contributed by atoms with Crippen molar-refractivity contribution in [3.8, 4) is 0 Å². The molecule has 1 aliphatic heterocycles. The number of rotatable bonds is 1. The van der Waals surface area contributed by atoms with Gasteiger partial charge in [-0.1, -0.05) is 12.5 Å². The van der Waals surface area contributed by atoms with Crippen LogP contribution < -0.4 is 0 Å². The molecule has 2 rings (SSSR count). The molecule has 0 bridgehead atoms. The largest absolute Gasteiger partial charge is 0.373 e. The van der Waals surface area contributed by atoms with Gasteiger partial charge in [0, 0.05) is 13.0 Å². The van der Waals surface area contributed by atoms with Crippen molar-refractivity contribution in [3.05, 3.63) is 12.7 Å². The topological polar surface area (TPSA) is 40.5 Å². The quantitative estimate of drug-likeness (QED) is 0.634. The molecular formula is C11H17NO2. The molecule has 0 aromatic rings. The van der Waals surface area contributed by atoms with Gasteiger partial charge in [-0.3, -0.25) is 4.79 Å². The van der Waals surface area contributed by atoms with Gasteiger partial charge in [-0.25, -0.2) is 0 Å². The lowest BCUT2D eigenvalue weighted by atomic mass is 9.73. The molecule has 78 valence electrons. The number of aliphatic hydroxyl groups is 1. The van der Waals surface area contributed by atoms with E-state index in [-0.39, 0.29) is 23.7 Å². The van der Waals surface area contributed by atoms with Crippen LogP contribution in [-0.4, -0.2) is 29.2 Å². The number of allylic oxidation sites excluding steroid dienone is 1. The molecule has 0 radical (unpaired) electrons. The van der Waals surface area contributed by atoms with Gasteiger partial charge in [0.05, 0.1) is 5.92 Å². The molecule has 1 heterocycles. The Morgan fingerprint density at radius 2 is 2.29 bits per heavy atom. The van der Waals surface area contributed by atoms with Crippen molar-refractivity contribution in [3.63, 3.8) is 0 Å². The SMILES string of the molecule is C=CC1CCCC2C1C(=O)N(C)C2O. The lowest BCUT2D eigenvalue weighted by molar-refractivity contribution is -0.134. The lowest BCUT2D eigenvalue weighted by Crippen LogP contribution is -2.31. The Morgan fingerprint density at radius 1 is 1.57 bits per heavy atom. The number of carbonyl (C=O) groups excluding carboxylic acids is 1. The van der Waals surface area contributed by atoms with Crippen LogP contribution in [0.2, 0.25) is 0 Å². The second-order valence-electron chi connectivity index (χ2n) is 4.38. The van der Waals surface area contributed by atoms with E-state index in [0.29, 0.717) is 0 Å². The van der Waals surface area contributed by atoms with Gasteiger partial charge in [0.15, 0.2) is 0 Å². The average Bonchev–Trinajstić information content (AvgIpc) is 2.44. The summed E-state index contributed by atoms with van der Waals surface area (Å²) in [4.78, 5) is 13.3. The van der Waals surface area contributed by atoms with E-state index in [1.807, 2.05) is 6.08 Å². The number of hydrogen-bond donors (Lipinski definition) is 1. The van der Waals surface area contributed by atoms with Crippen molar-refractivity contribution in [2.24, 2.45) is 17.8 Å². The van der Waals surface area contributed by atoms with Gasteiger partial charge in [-0.05, 0) is 18.8 Å². The fourth-order valence-corrected chi connectivity index (χ4v) is 2.88. The summed E-state index contributed by atoms with van der Waals surface area (Å²) in [6, 6.07) is 0. The Hall–Kier alpha value is -0.830. The number of likely N-dealkylation sites (tertiary alicyclic amines) is 1. The predicted molar refractivity (Wildman–Crippen MR) is 53.3 cm³/mol. The first-order valence-electron chi connectivity index (χ1n) is 5.24. The maximum atomic E-state index is 11.8. The van der Waals surface area contributed by atoms with Crippen molar-refractivity contribution in [2.75, 3.05) is 7.05 Å². The van der Waals surface area contributed by atoms with Gasteiger partial charge in [-0.2, -0.15) is 0 Å². The minimum atomic E-state index is -0.574. The fourth-order valence-electron chi connectivity index (χ4n) is 2.88. The Balaban J connectivity index is 2.26. The molecular weight excluding hydrogens is 178 g/mol. The smallest absolute Gasteiger partial charge is 0.228 e. The van der Waals surface area contributed by atoms with Gasteiger partial charge >= 0.3 is 0 Å². The van der Waals surface area contributed by atoms with Crippen LogP contribution in [0.4, 0.5) is 0 Å². The van der Waals surface area contributed by atoms with Crippen LogP contribution in [0.5, 0.6) is 0 Å². The highest BCUT2D eigenvalue weighted by Crippen LogP contribution is 2.43. The van der Waals surface area contributed by atoms with Crippen LogP contribution in [0, 0.1) is 17.8 Å². The molecule has 0 aromatic heterocycles. The van der Waals surface area contributed by atoms with E-state index in [1.165, 1.54) is 4.90 Å². The van der Waals surface area contributed by atoms with Gasteiger partial charge in [-0.15, -0.1) is 6.58 Å². The maximum Gasteiger partial charge on any atom is 0.228 e. The predicted octanol–water partition coefficient (Wildman–Crippen LogP) is 0.995. The summed E-state index contributed by atoms with van der Waals surface area (Å²) < 4.78 is 0. The van der Waals surface area contributed by atoms with Gasteiger partial charge in [0.25, 0.3) is 0 Å². The molecule has 1 amide bonds. The number of nitrogens with zero attached hydrogens (tertiary/aromatic N) is 1. The summed E-state index contributed by atoms with van der Waals surface area (Å²) in [6.07, 6.45) is 4.40. The molecule has 2 fully saturated rings. The van der Waals surface area contributed by atoms with Crippen molar-refractivity contribution in [2.45, 2.75) is 25.5 Å². The minimum absolute atomic E-state index is 0.0127. The van der Waals surface area contributed by atoms with Crippen LogP contribution >= 0.6 is 0 Å². The van der Waals surface area contributed by atoms with E-state index >= 15 is 0 Å². The third kappa shape index (κ3) is 1.19. The maximum absolute atomic E-state index is 11.8. The Morgan fingerprint density at radius 3 is 2.93 bits per heavy atom. The van der Waals surface area contributed by atoms with Crippen LogP contribution in [0.1, 0.15) is 19.3 Å². The van der Waals surface area contributed by atoms with Crippen LogP contribution in [0.15, 0.2) is 12.7 Å². The van der Waals surface area contributed by atoms with Gasteiger partial charge in [0.1, 0.15) is 6.23 Å². The Kier molecular flexibility index (Phi) is 2.35. The van der Waals surface area contributed by atoms with Crippen LogP contribution in [0.25, 0.3) is 0 Å². The van der Waals surface area contributed by atoms with E-state index in [0.717, 1.165) is 19.3 Å². The summed E-state index contributed by atoms with van der Waals surface area (Å²) in [5.74, 6) is 0.471. The molecule has 0 aromatic carbocycles. The van der Waals surface area contributed by atoms with Crippen LogP contribution in [0.3, 0.4) is 0 Å². The first kappa shape index (κ1) is 9.71. The molecule has 14 heavy (non-hydrogen) atoms. The van der Waals surface area contributed by atoms with Crippen molar-refractivity contribution in [1.29, 1.82) is 0 Å². The summed E-state index contributed by atoms with van der Waals surface area (Å²) in [5, 5.41) is 9.85. The van der Waals surface area contributed by atoms with E-state index in [4.69, 9.17) is 0 Å². The highest BCUT2D eigenvalue weighted by molar-refractivity contribution is 5.82. The zero-order valence-corrected chi connectivity index (χ0v) is 8.52. The second kappa shape index (κ2) is 3.39. The van der Waals surface area contributed by atoms with E-state index < -0.39 is 6.23 Å². The molecule has 3 heteroatoms. The zero-order valence-electron chi connectivity index (χ0n) is 8.52. The summed E-state index contributed by atoms with van der Waals surface area (Å²) >= 11 is 0. The number of aliphatic hydroxyl groups excluding tert-OH is 1. The first-order valence-corrected chi connectivity index (χ1v) is 5.24. The Bertz CT molecular complexity index is 264. The monoisotopic (exact) mass is 195 g/mol. The number of amides is 1. The van der Waals surface area contributed by atoms with Crippen LogP contribution in [-0.2, 0) is 4.79 Å². The molecule has 1 saturated heterocycles. The third-order valence-corrected chi connectivity index (χ3v) is 3.71. The second-order valence-corrected chi connectivity index (χ2v) is 4.38. The summed E-state index contributed by atoms with van der Waals surface area (Å²) in [7, 11) is 1.69. The lowest BCUT2D eigenvalue weighted by Gasteiger charge is -2.30. The van der Waals surface area contributed by atoms with E-state index in [1.54, 1.807) is 7.05 Å². The third-order valence-electron chi connectivity index (χ3n) is 3.71. The highest BCUT2D eigenvalue weighted by atomic mass is 16.3. The number of carbonyl (C=O) groups is 1. The first-order chi connectivity index (χ1) is 6.66. The molecule has 4 unspecified atom stereocenters. The summed E-state index contributed by atoms with van der Waals surface area (Å²) in [5.41, 5.74) is 0. The fraction of sp³-hybridized carbons (Fsp3) is 0.727. The average molecular weight is 195 g/mol. The van der Waals surface area contributed by atoms with Gasteiger partial charge in [0.2, 0.25) is 5.91 Å². The zero-order chi connectivity index (χ0) is 10.3. The van der Waals surface area contributed by atoms with Crippen molar-refractivity contribution < 1.29 is 9.90 Å². The Labute approximate surface area is 84.4 Å². The molecule has 1 aliphatic carbocycles. The van der Waals surface area contributed by atoms with E-state index in [9.17, 15) is 9.90 Å². The van der Waals surface area contributed by atoms with Crippen molar-refractivity contribution >= 4 is 5.91 Å². The number of fused-ring (bicyclic) bond motifs is 1. The molecule has 1 saturated carbocycles. The molecule has 1 N–H and O–H groups in total. The molecule has 4 atom stereocenters. The molecule has 2 aliphatic rings.